The van der Waals surface area contributed by atoms with Gasteiger partial charge in [0.05, 0.1) is 6.54 Å². The van der Waals surface area contributed by atoms with Crippen molar-refractivity contribution in [1.29, 1.82) is 0 Å². The molecule has 6 heteroatoms. The molecule has 23 heavy (non-hydrogen) atoms. The lowest BCUT2D eigenvalue weighted by atomic mass is 10.1. The molecule has 0 aromatic heterocycles. The van der Waals surface area contributed by atoms with Gasteiger partial charge in [-0.05, 0) is 47.5 Å². The van der Waals surface area contributed by atoms with Crippen LogP contribution < -0.4 is 10.6 Å². The number of ether oxygens (including phenoxy) is 1. The molecule has 2 amide bonds. The molecule has 0 aliphatic heterocycles. The van der Waals surface area contributed by atoms with Crippen LogP contribution in [-0.4, -0.2) is 54.2 Å². The summed E-state index contributed by atoms with van der Waals surface area (Å²) in [7, 11) is 0. The smallest absolute Gasteiger partial charge is 0.410 e. The van der Waals surface area contributed by atoms with Crippen LogP contribution in [0.5, 0.6) is 0 Å². The minimum absolute atomic E-state index is 0.0294. The molecule has 0 atom stereocenters. The van der Waals surface area contributed by atoms with Crippen molar-refractivity contribution in [3.63, 3.8) is 0 Å². The zero-order valence-electron chi connectivity index (χ0n) is 16.1. The Hall–Kier alpha value is -1.30. The molecule has 0 radical (unpaired) electrons. The van der Waals surface area contributed by atoms with E-state index >= 15 is 0 Å². The molecule has 0 unspecified atom stereocenters. The molecule has 0 saturated carbocycles. The predicted molar refractivity (Wildman–Crippen MR) is 93.4 cm³/mol. The molecular formula is C17H35N3O3. The van der Waals surface area contributed by atoms with Crippen LogP contribution in [0.4, 0.5) is 4.79 Å². The SMILES string of the molecule is CC(C)CNC(=O)CNCCN(C(=O)OC(C)(C)C)C(C)(C)C. The first-order chi connectivity index (χ1) is 10.3. The predicted octanol–water partition coefficient (Wildman–Crippen LogP) is 2.38. The van der Waals surface area contributed by atoms with Gasteiger partial charge in [0.2, 0.25) is 5.91 Å². The van der Waals surface area contributed by atoms with Crippen molar-refractivity contribution in [3.05, 3.63) is 0 Å². The zero-order chi connectivity index (χ0) is 18.3. The van der Waals surface area contributed by atoms with Crippen LogP contribution in [0.3, 0.4) is 0 Å². The summed E-state index contributed by atoms with van der Waals surface area (Å²) in [6.07, 6.45) is -0.337. The maximum Gasteiger partial charge on any atom is 0.410 e. The van der Waals surface area contributed by atoms with Crippen LogP contribution in [0.25, 0.3) is 0 Å². The summed E-state index contributed by atoms with van der Waals surface area (Å²) in [4.78, 5) is 25.6. The van der Waals surface area contributed by atoms with E-state index in [0.717, 1.165) is 0 Å². The topological polar surface area (TPSA) is 70.7 Å². The van der Waals surface area contributed by atoms with Crippen molar-refractivity contribution >= 4 is 12.0 Å². The van der Waals surface area contributed by atoms with Gasteiger partial charge in [0.25, 0.3) is 0 Å². The van der Waals surface area contributed by atoms with Crippen LogP contribution in [0.1, 0.15) is 55.4 Å². The fourth-order valence-corrected chi connectivity index (χ4v) is 1.79. The Balaban J connectivity index is 4.33. The molecule has 136 valence electrons. The fraction of sp³-hybridized carbons (Fsp3) is 0.882. The molecule has 0 aromatic rings. The monoisotopic (exact) mass is 329 g/mol. The molecule has 0 aliphatic rings. The Labute approximate surface area is 141 Å². The maximum atomic E-state index is 12.3. The van der Waals surface area contributed by atoms with Crippen molar-refractivity contribution in [1.82, 2.24) is 15.5 Å². The van der Waals surface area contributed by atoms with Crippen molar-refractivity contribution in [2.24, 2.45) is 5.92 Å². The number of rotatable bonds is 7. The summed E-state index contributed by atoms with van der Waals surface area (Å²) < 4.78 is 5.45. The van der Waals surface area contributed by atoms with E-state index in [9.17, 15) is 9.59 Å². The van der Waals surface area contributed by atoms with Gasteiger partial charge in [-0.2, -0.15) is 0 Å². The fourth-order valence-electron chi connectivity index (χ4n) is 1.79. The first kappa shape index (κ1) is 21.7. The van der Waals surface area contributed by atoms with Crippen molar-refractivity contribution in [2.45, 2.75) is 66.5 Å². The number of nitrogens with one attached hydrogen (secondary N) is 2. The Kier molecular flexibility index (Phi) is 8.59. The van der Waals surface area contributed by atoms with Crippen LogP contribution in [0, 0.1) is 5.92 Å². The molecular weight excluding hydrogens is 294 g/mol. The lowest BCUT2D eigenvalue weighted by Crippen LogP contribution is -2.50. The third-order valence-corrected chi connectivity index (χ3v) is 2.93. The number of hydrogen-bond donors (Lipinski definition) is 2. The average molecular weight is 329 g/mol. The number of carbonyl (C=O) groups excluding carboxylic acids is 2. The van der Waals surface area contributed by atoms with Crippen LogP contribution in [0.2, 0.25) is 0 Å². The molecule has 6 nitrogen and oxygen atoms in total. The second kappa shape index (κ2) is 9.11. The zero-order valence-corrected chi connectivity index (χ0v) is 16.1. The van der Waals surface area contributed by atoms with E-state index in [1.165, 1.54) is 0 Å². The van der Waals surface area contributed by atoms with Crippen LogP contribution in [-0.2, 0) is 9.53 Å². The Morgan fingerprint density at radius 2 is 1.65 bits per heavy atom. The number of hydrogen-bond acceptors (Lipinski definition) is 4. The van der Waals surface area contributed by atoms with E-state index in [2.05, 4.69) is 24.5 Å². The molecule has 0 saturated heterocycles. The van der Waals surface area contributed by atoms with Gasteiger partial charge in [-0.1, -0.05) is 13.8 Å². The highest BCUT2D eigenvalue weighted by molar-refractivity contribution is 5.77. The van der Waals surface area contributed by atoms with Crippen molar-refractivity contribution in [3.8, 4) is 0 Å². The summed E-state index contributed by atoms with van der Waals surface area (Å²) >= 11 is 0. The standard InChI is InChI=1S/C17H35N3O3/c1-13(2)11-19-14(21)12-18-9-10-20(16(3,4)5)15(22)23-17(6,7)8/h13,18H,9-12H2,1-8H3,(H,19,21). The van der Waals surface area contributed by atoms with Gasteiger partial charge < -0.3 is 20.3 Å². The second-order valence-corrected chi connectivity index (χ2v) is 8.18. The molecule has 0 spiro atoms. The highest BCUT2D eigenvalue weighted by Crippen LogP contribution is 2.17. The molecule has 0 aliphatic carbocycles. The lowest BCUT2D eigenvalue weighted by molar-refractivity contribution is -0.120. The van der Waals surface area contributed by atoms with Gasteiger partial charge >= 0.3 is 6.09 Å². The molecule has 0 heterocycles. The molecule has 0 bridgehead atoms. The quantitative estimate of drug-likeness (QED) is 0.704. The number of carbonyl (C=O) groups is 2. The molecule has 0 fully saturated rings. The van der Waals surface area contributed by atoms with Crippen LogP contribution >= 0.6 is 0 Å². The van der Waals surface area contributed by atoms with Crippen molar-refractivity contribution < 1.29 is 14.3 Å². The van der Waals surface area contributed by atoms with Crippen molar-refractivity contribution in [2.75, 3.05) is 26.2 Å². The van der Waals surface area contributed by atoms with E-state index in [1.54, 1.807) is 4.90 Å². The van der Waals surface area contributed by atoms with E-state index in [4.69, 9.17) is 4.74 Å². The summed E-state index contributed by atoms with van der Waals surface area (Å²) in [5, 5.41) is 5.92. The summed E-state index contributed by atoms with van der Waals surface area (Å²) in [5.74, 6) is 0.403. The largest absolute Gasteiger partial charge is 0.444 e. The van der Waals surface area contributed by atoms with Gasteiger partial charge in [-0.25, -0.2) is 4.79 Å². The van der Waals surface area contributed by atoms with Gasteiger partial charge in [0.15, 0.2) is 0 Å². The summed E-state index contributed by atoms with van der Waals surface area (Å²) in [5.41, 5.74) is -0.866. The summed E-state index contributed by atoms with van der Waals surface area (Å²) in [6, 6.07) is 0. The molecule has 2 N–H and O–H groups in total. The van der Waals surface area contributed by atoms with Gasteiger partial charge in [-0.15, -0.1) is 0 Å². The Bertz CT molecular complexity index is 382. The molecule has 0 aromatic carbocycles. The first-order valence-corrected chi connectivity index (χ1v) is 8.31. The minimum atomic E-state index is -0.523. The average Bonchev–Trinajstić information content (AvgIpc) is 2.32. The second-order valence-electron chi connectivity index (χ2n) is 8.18. The number of nitrogens with zero attached hydrogens (tertiary/aromatic N) is 1. The molecule has 0 rings (SSSR count). The highest BCUT2D eigenvalue weighted by atomic mass is 16.6. The van der Waals surface area contributed by atoms with Gasteiger partial charge in [0.1, 0.15) is 5.60 Å². The van der Waals surface area contributed by atoms with Crippen LogP contribution in [0.15, 0.2) is 0 Å². The summed E-state index contributed by atoms with van der Waals surface area (Å²) in [6.45, 7) is 17.5. The lowest BCUT2D eigenvalue weighted by Gasteiger charge is -2.36. The maximum absolute atomic E-state index is 12.3. The minimum Gasteiger partial charge on any atom is -0.444 e. The Morgan fingerprint density at radius 3 is 2.09 bits per heavy atom. The van der Waals surface area contributed by atoms with E-state index in [-0.39, 0.29) is 24.1 Å². The highest BCUT2D eigenvalue weighted by Gasteiger charge is 2.30. The van der Waals surface area contributed by atoms with E-state index in [0.29, 0.717) is 25.6 Å². The normalized spacial score (nSPS) is 12.2. The van der Waals surface area contributed by atoms with Gasteiger partial charge in [0, 0.05) is 25.2 Å². The first-order valence-electron chi connectivity index (χ1n) is 8.31. The third kappa shape index (κ3) is 11.0. The third-order valence-electron chi connectivity index (χ3n) is 2.93. The Morgan fingerprint density at radius 1 is 1.09 bits per heavy atom. The van der Waals surface area contributed by atoms with E-state index < -0.39 is 5.60 Å². The van der Waals surface area contributed by atoms with E-state index in [1.807, 2.05) is 41.5 Å². The number of amides is 2. The van der Waals surface area contributed by atoms with Gasteiger partial charge in [-0.3, -0.25) is 4.79 Å².